The summed E-state index contributed by atoms with van der Waals surface area (Å²) in [5.41, 5.74) is -0.0136. The maximum absolute atomic E-state index is 12.5. The summed E-state index contributed by atoms with van der Waals surface area (Å²) in [6.07, 6.45) is 7.43. The largest absolute Gasteiger partial charge is 0.426 e. The number of nitro groups is 1. The summed E-state index contributed by atoms with van der Waals surface area (Å²) >= 11 is 3.95. The lowest BCUT2D eigenvalue weighted by Gasteiger charge is -2.60. The van der Waals surface area contributed by atoms with Crippen LogP contribution < -0.4 is 4.74 Å². The van der Waals surface area contributed by atoms with Crippen molar-refractivity contribution in [2.75, 3.05) is 0 Å². The van der Waals surface area contributed by atoms with Crippen molar-refractivity contribution >= 4 is 27.6 Å². The Kier molecular flexibility index (Phi) is 3.71. The van der Waals surface area contributed by atoms with Gasteiger partial charge in [-0.3, -0.25) is 14.9 Å². The van der Waals surface area contributed by atoms with Crippen LogP contribution in [0.25, 0.3) is 0 Å². The molecule has 4 fully saturated rings. The average Bonchev–Trinajstić information content (AvgIpc) is 2.43. The number of halogens is 1. The zero-order valence-corrected chi connectivity index (χ0v) is 15.0. The molecule has 4 saturated carbocycles. The molecule has 4 aliphatic rings. The lowest BCUT2D eigenvalue weighted by atomic mass is 9.49. The van der Waals surface area contributed by atoms with Gasteiger partial charge in [-0.05, 0) is 61.8 Å². The molecule has 4 bridgehead atoms. The molecule has 0 aromatic heterocycles. The number of rotatable bonds is 4. The fraction of sp³-hybridized carbons (Fsp3) is 0.611. The van der Waals surface area contributed by atoms with Gasteiger partial charge in [-0.15, -0.1) is 0 Å². The van der Waals surface area contributed by atoms with Crippen molar-refractivity contribution in [3.05, 3.63) is 34.4 Å². The Morgan fingerprint density at radius 2 is 2.00 bits per heavy atom. The Balaban J connectivity index is 1.47. The number of alkyl halides is 1. The van der Waals surface area contributed by atoms with Gasteiger partial charge in [0.2, 0.25) is 0 Å². The molecule has 0 heterocycles. The first kappa shape index (κ1) is 16.1. The number of benzene rings is 1. The van der Waals surface area contributed by atoms with Crippen LogP contribution >= 0.6 is 15.9 Å². The van der Waals surface area contributed by atoms with Gasteiger partial charge in [0, 0.05) is 10.4 Å². The van der Waals surface area contributed by atoms with Crippen molar-refractivity contribution in [3.63, 3.8) is 0 Å². The second-order valence-corrected chi connectivity index (χ2v) is 9.70. The summed E-state index contributed by atoms with van der Waals surface area (Å²) in [7, 11) is 0. The van der Waals surface area contributed by atoms with Crippen LogP contribution in [0.4, 0.5) is 5.69 Å². The number of non-ortho nitro benzene ring substituents is 1. The van der Waals surface area contributed by atoms with E-state index in [2.05, 4.69) is 15.9 Å². The van der Waals surface area contributed by atoms with Crippen LogP contribution in [0.1, 0.15) is 44.9 Å². The minimum absolute atomic E-state index is 0.0470. The van der Waals surface area contributed by atoms with Crippen molar-refractivity contribution in [2.24, 2.45) is 17.3 Å². The molecule has 0 spiro atoms. The van der Waals surface area contributed by atoms with E-state index in [0.29, 0.717) is 6.42 Å². The number of nitrogens with zero attached hydrogens (tertiary/aromatic N) is 1. The molecule has 1 aromatic carbocycles. The van der Waals surface area contributed by atoms with Gasteiger partial charge < -0.3 is 4.74 Å². The predicted octanol–water partition coefficient (Wildman–Crippen LogP) is 4.62. The molecule has 0 amide bonds. The summed E-state index contributed by atoms with van der Waals surface area (Å²) in [6.45, 7) is 0. The molecule has 0 radical (unpaired) electrons. The molecule has 24 heavy (non-hydrogen) atoms. The van der Waals surface area contributed by atoms with Gasteiger partial charge in [-0.1, -0.05) is 22.0 Å². The lowest BCUT2D eigenvalue weighted by Crippen LogP contribution is -2.53. The van der Waals surface area contributed by atoms with Crippen LogP contribution in [0, 0.1) is 27.4 Å². The molecule has 2 unspecified atom stereocenters. The van der Waals surface area contributed by atoms with Gasteiger partial charge in [-0.25, -0.2) is 0 Å². The van der Waals surface area contributed by atoms with E-state index < -0.39 is 4.92 Å². The molecule has 0 N–H and O–H groups in total. The van der Waals surface area contributed by atoms with Gasteiger partial charge in [0.15, 0.2) is 0 Å². The van der Waals surface area contributed by atoms with Gasteiger partial charge >= 0.3 is 5.97 Å². The number of nitro benzene ring substituents is 1. The molecule has 5 rings (SSSR count). The van der Waals surface area contributed by atoms with E-state index in [0.717, 1.165) is 31.1 Å². The molecule has 4 aliphatic carbocycles. The van der Waals surface area contributed by atoms with E-state index in [-0.39, 0.29) is 27.1 Å². The summed E-state index contributed by atoms with van der Waals surface area (Å²) in [5, 5.41) is 10.8. The van der Waals surface area contributed by atoms with Crippen molar-refractivity contribution in [2.45, 2.75) is 49.3 Å². The van der Waals surface area contributed by atoms with Gasteiger partial charge in [0.05, 0.1) is 17.4 Å². The topological polar surface area (TPSA) is 69.4 Å². The Morgan fingerprint density at radius 1 is 1.29 bits per heavy atom. The summed E-state index contributed by atoms with van der Waals surface area (Å²) in [4.78, 5) is 22.8. The SMILES string of the molecule is O=C(CC12CC3CC(CC(Br)(C3)C1)C2)Oc1cccc([N+](=O)[O-])c1. The number of carbonyl (C=O) groups excluding carboxylic acids is 1. The third kappa shape index (κ3) is 2.96. The van der Waals surface area contributed by atoms with Crippen molar-refractivity contribution in [1.82, 2.24) is 0 Å². The predicted molar refractivity (Wildman–Crippen MR) is 92.1 cm³/mol. The zero-order valence-electron chi connectivity index (χ0n) is 13.4. The zero-order chi connectivity index (χ0) is 16.9. The molecule has 0 aliphatic heterocycles. The van der Waals surface area contributed by atoms with E-state index >= 15 is 0 Å². The minimum Gasteiger partial charge on any atom is -0.426 e. The van der Waals surface area contributed by atoms with Crippen LogP contribution in [0.15, 0.2) is 24.3 Å². The first-order chi connectivity index (χ1) is 11.3. The van der Waals surface area contributed by atoms with Crippen LogP contribution in [0.2, 0.25) is 0 Å². The number of ether oxygens (including phenoxy) is 1. The number of carbonyl (C=O) groups is 1. The molecule has 6 heteroatoms. The first-order valence-corrected chi connectivity index (χ1v) is 9.28. The van der Waals surface area contributed by atoms with Gasteiger partial charge in [0.25, 0.3) is 5.69 Å². The maximum atomic E-state index is 12.5. The summed E-state index contributed by atoms with van der Waals surface area (Å²) in [6, 6.07) is 5.84. The van der Waals surface area contributed by atoms with Crippen molar-refractivity contribution in [1.29, 1.82) is 0 Å². The molecule has 2 atom stereocenters. The second-order valence-electron chi connectivity index (χ2n) is 8.02. The number of hydrogen-bond donors (Lipinski definition) is 0. The Morgan fingerprint density at radius 3 is 2.62 bits per heavy atom. The third-order valence-electron chi connectivity index (χ3n) is 5.89. The highest BCUT2D eigenvalue weighted by atomic mass is 79.9. The Labute approximate surface area is 149 Å². The normalized spacial score (nSPS) is 36.5. The quantitative estimate of drug-likeness (QED) is 0.246. The van der Waals surface area contributed by atoms with E-state index in [1.807, 2.05) is 0 Å². The standard InChI is InChI=1S/C18H20BrNO4/c19-18-8-12-4-13(9-18)7-17(6-12,11-18)10-16(21)24-15-3-1-2-14(5-15)20(22)23/h1-3,5,12-13H,4,6-11H2. The van der Waals surface area contributed by atoms with E-state index in [1.165, 1.54) is 31.4 Å². The van der Waals surface area contributed by atoms with Crippen LogP contribution in [0.3, 0.4) is 0 Å². The Bertz CT molecular complexity index is 690. The van der Waals surface area contributed by atoms with Crippen LogP contribution in [-0.2, 0) is 4.79 Å². The molecule has 128 valence electrons. The fourth-order valence-electron chi connectivity index (χ4n) is 5.68. The minimum atomic E-state index is -0.481. The fourth-order valence-corrected chi connectivity index (χ4v) is 7.19. The van der Waals surface area contributed by atoms with Gasteiger partial charge in [0.1, 0.15) is 5.75 Å². The highest BCUT2D eigenvalue weighted by Crippen LogP contribution is 2.65. The monoisotopic (exact) mass is 393 g/mol. The lowest BCUT2D eigenvalue weighted by molar-refractivity contribution is -0.384. The van der Waals surface area contributed by atoms with Crippen molar-refractivity contribution in [3.8, 4) is 5.75 Å². The first-order valence-electron chi connectivity index (χ1n) is 8.49. The molecule has 0 saturated heterocycles. The van der Waals surface area contributed by atoms with Crippen molar-refractivity contribution < 1.29 is 14.5 Å². The van der Waals surface area contributed by atoms with E-state index in [4.69, 9.17) is 4.74 Å². The smallest absolute Gasteiger partial charge is 0.311 e. The summed E-state index contributed by atoms with van der Waals surface area (Å²) in [5.74, 6) is 1.42. The number of hydrogen-bond acceptors (Lipinski definition) is 4. The third-order valence-corrected chi connectivity index (χ3v) is 6.82. The van der Waals surface area contributed by atoms with E-state index in [9.17, 15) is 14.9 Å². The number of esters is 1. The average molecular weight is 394 g/mol. The van der Waals surface area contributed by atoms with Crippen LogP contribution in [0.5, 0.6) is 5.75 Å². The van der Waals surface area contributed by atoms with E-state index in [1.54, 1.807) is 12.1 Å². The Hall–Kier alpha value is -1.43. The molecule has 5 nitrogen and oxygen atoms in total. The highest BCUT2D eigenvalue weighted by Gasteiger charge is 2.57. The second kappa shape index (κ2) is 5.55. The highest BCUT2D eigenvalue weighted by molar-refractivity contribution is 9.10. The van der Waals surface area contributed by atoms with Crippen LogP contribution in [-0.4, -0.2) is 15.2 Å². The summed E-state index contributed by atoms with van der Waals surface area (Å²) < 4.78 is 5.63. The maximum Gasteiger partial charge on any atom is 0.311 e. The molecular weight excluding hydrogens is 374 g/mol. The van der Waals surface area contributed by atoms with Gasteiger partial charge in [-0.2, -0.15) is 0 Å². The molecule has 1 aromatic rings. The molecular formula is C18H20BrNO4.